The third-order valence-electron chi connectivity index (χ3n) is 2.47. The first-order valence-electron chi connectivity index (χ1n) is 5.84. The molecule has 3 nitrogen and oxygen atoms in total. The van der Waals surface area contributed by atoms with Crippen molar-refractivity contribution in [2.75, 3.05) is 27.2 Å². The molecular formula is C13H18Cl2N2O. The van der Waals surface area contributed by atoms with Crippen LogP contribution in [0.2, 0.25) is 10.0 Å². The number of nitrogens with zero attached hydrogens (tertiary/aromatic N) is 1. The van der Waals surface area contributed by atoms with Crippen molar-refractivity contribution < 1.29 is 4.79 Å². The molecule has 18 heavy (non-hydrogen) atoms. The summed E-state index contributed by atoms with van der Waals surface area (Å²) in [5.74, 6) is -0.0158. The van der Waals surface area contributed by atoms with Crippen molar-refractivity contribution in [3.05, 3.63) is 33.8 Å². The molecule has 100 valence electrons. The molecule has 0 saturated carbocycles. The van der Waals surface area contributed by atoms with Crippen molar-refractivity contribution in [3.8, 4) is 0 Å². The minimum absolute atomic E-state index is 0.0158. The fourth-order valence-corrected chi connectivity index (χ4v) is 2.00. The van der Waals surface area contributed by atoms with Gasteiger partial charge in [-0.25, -0.2) is 0 Å². The Hall–Kier alpha value is -0.770. The van der Waals surface area contributed by atoms with E-state index < -0.39 is 0 Å². The summed E-state index contributed by atoms with van der Waals surface area (Å²) < 4.78 is 0. The van der Waals surface area contributed by atoms with Crippen LogP contribution >= 0.6 is 23.2 Å². The molecule has 0 radical (unpaired) electrons. The highest BCUT2D eigenvalue weighted by atomic mass is 35.5. The van der Waals surface area contributed by atoms with Gasteiger partial charge in [0.05, 0.1) is 6.42 Å². The van der Waals surface area contributed by atoms with Crippen LogP contribution in [-0.4, -0.2) is 38.0 Å². The van der Waals surface area contributed by atoms with Crippen molar-refractivity contribution >= 4 is 29.1 Å². The van der Waals surface area contributed by atoms with Crippen LogP contribution in [0, 0.1) is 0 Å². The molecule has 1 aromatic carbocycles. The van der Waals surface area contributed by atoms with E-state index in [1.54, 1.807) is 18.2 Å². The number of hydrogen-bond acceptors (Lipinski definition) is 2. The van der Waals surface area contributed by atoms with E-state index in [4.69, 9.17) is 23.2 Å². The Morgan fingerprint density at radius 3 is 2.67 bits per heavy atom. The molecule has 0 atom stereocenters. The largest absolute Gasteiger partial charge is 0.356 e. The molecule has 1 aromatic rings. The van der Waals surface area contributed by atoms with Crippen molar-refractivity contribution in [2.45, 2.75) is 12.8 Å². The topological polar surface area (TPSA) is 32.3 Å². The highest BCUT2D eigenvalue weighted by Crippen LogP contribution is 2.21. The van der Waals surface area contributed by atoms with Crippen LogP contribution in [0.4, 0.5) is 0 Å². The van der Waals surface area contributed by atoms with Gasteiger partial charge in [-0.15, -0.1) is 0 Å². The summed E-state index contributed by atoms with van der Waals surface area (Å²) in [4.78, 5) is 13.8. The van der Waals surface area contributed by atoms with Gasteiger partial charge in [-0.05, 0) is 44.8 Å². The van der Waals surface area contributed by atoms with Crippen molar-refractivity contribution in [1.29, 1.82) is 0 Å². The molecule has 0 saturated heterocycles. The number of halogens is 2. The summed E-state index contributed by atoms with van der Waals surface area (Å²) in [6, 6.07) is 5.17. The zero-order chi connectivity index (χ0) is 13.5. The molecule has 5 heteroatoms. The highest BCUT2D eigenvalue weighted by molar-refractivity contribution is 6.35. The molecule has 0 spiro atoms. The van der Waals surface area contributed by atoms with Gasteiger partial charge in [0, 0.05) is 16.6 Å². The average Bonchev–Trinajstić information content (AvgIpc) is 2.28. The Balaban J connectivity index is 2.35. The lowest BCUT2D eigenvalue weighted by Gasteiger charge is -2.10. The second kappa shape index (κ2) is 7.62. The first-order valence-corrected chi connectivity index (χ1v) is 6.60. The van der Waals surface area contributed by atoms with Crippen LogP contribution in [-0.2, 0) is 11.2 Å². The minimum atomic E-state index is -0.0158. The summed E-state index contributed by atoms with van der Waals surface area (Å²) >= 11 is 11.8. The second-order valence-corrected chi connectivity index (χ2v) is 5.26. The fourth-order valence-electron chi connectivity index (χ4n) is 1.52. The Labute approximate surface area is 118 Å². The SMILES string of the molecule is CN(C)CCCNC(=O)Cc1ccc(Cl)cc1Cl. The molecule has 0 fully saturated rings. The summed E-state index contributed by atoms with van der Waals surface area (Å²) in [5, 5.41) is 3.98. The maximum atomic E-state index is 11.7. The van der Waals surface area contributed by atoms with Crippen LogP contribution in [0.5, 0.6) is 0 Å². The number of carbonyl (C=O) groups excluding carboxylic acids is 1. The number of rotatable bonds is 6. The van der Waals surface area contributed by atoms with E-state index in [9.17, 15) is 4.79 Å². The fraction of sp³-hybridized carbons (Fsp3) is 0.462. The predicted molar refractivity (Wildman–Crippen MR) is 76.3 cm³/mol. The van der Waals surface area contributed by atoms with Crippen LogP contribution < -0.4 is 5.32 Å². The quantitative estimate of drug-likeness (QED) is 0.816. The van der Waals surface area contributed by atoms with Crippen LogP contribution in [0.15, 0.2) is 18.2 Å². The van der Waals surface area contributed by atoms with Crippen molar-refractivity contribution in [2.24, 2.45) is 0 Å². The van der Waals surface area contributed by atoms with Crippen LogP contribution in [0.1, 0.15) is 12.0 Å². The number of hydrogen-bond donors (Lipinski definition) is 1. The zero-order valence-electron chi connectivity index (χ0n) is 10.7. The lowest BCUT2D eigenvalue weighted by molar-refractivity contribution is -0.120. The number of benzene rings is 1. The second-order valence-electron chi connectivity index (χ2n) is 4.42. The summed E-state index contributed by atoms with van der Waals surface area (Å²) in [5.41, 5.74) is 0.797. The standard InChI is InChI=1S/C13H18Cl2N2O/c1-17(2)7-3-6-16-13(18)8-10-4-5-11(14)9-12(10)15/h4-5,9H,3,6-8H2,1-2H3,(H,16,18). The lowest BCUT2D eigenvalue weighted by Crippen LogP contribution is -2.28. The van der Waals surface area contributed by atoms with E-state index in [1.165, 1.54) is 0 Å². The van der Waals surface area contributed by atoms with Gasteiger partial charge in [0.25, 0.3) is 0 Å². The van der Waals surface area contributed by atoms with E-state index in [0.717, 1.165) is 18.5 Å². The molecule has 0 bridgehead atoms. The van der Waals surface area contributed by atoms with E-state index in [0.29, 0.717) is 16.6 Å². The third kappa shape index (κ3) is 5.71. The summed E-state index contributed by atoms with van der Waals surface area (Å²) in [6.45, 7) is 1.64. The number of amides is 1. The molecule has 0 unspecified atom stereocenters. The Kier molecular flexibility index (Phi) is 6.47. The van der Waals surface area contributed by atoms with Gasteiger partial charge in [0.1, 0.15) is 0 Å². The lowest BCUT2D eigenvalue weighted by atomic mass is 10.1. The highest BCUT2D eigenvalue weighted by Gasteiger charge is 2.07. The first-order chi connectivity index (χ1) is 8.49. The predicted octanol–water partition coefficient (Wildman–Crippen LogP) is 2.60. The van der Waals surface area contributed by atoms with Gasteiger partial charge in [0.2, 0.25) is 5.91 Å². The Bertz CT molecular complexity index is 408. The number of carbonyl (C=O) groups is 1. The van der Waals surface area contributed by atoms with Gasteiger partial charge in [0.15, 0.2) is 0 Å². The summed E-state index contributed by atoms with van der Waals surface area (Å²) in [7, 11) is 4.02. The smallest absolute Gasteiger partial charge is 0.224 e. The molecule has 1 N–H and O–H groups in total. The van der Waals surface area contributed by atoms with Crippen molar-refractivity contribution in [3.63, 3.8) is 0 Å². The molecular weight excluding hydrogens is 271 g/mol. The third-order valence-corrected chi connectivity index (χ3v) is 3.06. The molecule has 0 aromatic heterocycles. The first kappa shape index (κ1) is 15.3. The van der Waals surface area contributed by atoms with Gasteiger partial charge >= 0.3 is 0 Å². The van der Waals surface area contributed by atoms with E-state index in [2.05, 4.69) is 10.2 Å². The van der Waals surface area contributed by atoms with E-state index in [1.807, 2.05) is 14.1 Å². The molecule has 1 amide bonds. The number of nitrogens with one attached hydrogen (secondary N) is 1. The zero-order valence-corrected chi connectivity index (χ0v) is 12.2. The molecule has 0 aliphatic carbocycles. The van der Waals surface area contributed by atoms with E-state index >= 15 is 0 Å². The maximum absolute atomic E-state index is 11.7. The van der Waals surface area contributed by atoms with E-state index in [-0.39, 0.29) is 12.3 Å². The Morgan fingerprint density at radius 1 is 1.33 bits per heavy atom. The van der Waals surface area contributed by atoms with Crippen LogP contribution in [0.3, 0.4) is 0 Å². The Morgan fingerprint density at radius 2 is 2.06 bits per heavy atom. The molecule has 0 aliphatic heterocycles. The molecule has 0 aliphatic rings. The minimum Gasteiger partial charge on any atom is -0.356 e. The summed E-state index contributed by atoms with van der Waals surface area (Å²) in [6.07, 6.45) is 1.23. The van der Waals surface area contributed by atoms with Gasteiger partial charge in [-0.1, -0.05) is 29.3 Å². The van der Waals surface area contributed by atoms with Gasteiger partial charge < -0.3 is 10.2 Å². The molecule has 0 heterocycles. The normalized spacial score (nSPS) is 10.7. The van der Waals surface area contributed by atoms with Crippen LogP contribution in [0.25, 0.3) is 0 Å². The van der Waals surface area contributed by atoms with Gasteiger partial charge in [-0.3, -0.25) is 4.79 Å². The van der Waals surface area contributed by atoms with Crippen molar-refractivity contribution in [1.82, 2.24) is 10.2 Å². The maximum Gasteiger partial charge on any atom is 0.224 e. The molecule has 1 rings (SSSR count). The monoisotopic (exact) mass is 288 g/mol. The average molecular weight is 289 g/mol. The van der Waals surface area contributed by atoms with Gasteiger partial charge in [-0.2, -0.15) is 0 Å².